The lowest BCUT2D eigenvalue weighted by atomic mass is 10.2. The van der Waals surface area contributed by atoms with E-state index in [1.807, 2.05) is 0 Å². The Kier molecular flexibility index (Phi) is 10.7. The molecule has 0 radical (unpaired) electrons. The van der Waals surface area contributed by atoms with Gasteiger partial charge in [0.05, 0.1) is 36.5 Å². The molecule has 2 unspecified atom stereocenters. The normalized spacial score (nSPS) is 22.6. The van der Waals surface area contributed by atoms with E-state index in [0.29, 0.717) is 5.69 Å². The van der Waals surface area contributed by atoms with Gasteiger partial charge in [-0.15, -0.1) is 0 Å². The highest BCUT2D eigenvalue weighted by Crippen LogP contribution is 2.66. The van der Waals surface area contributed by atoms with Crippen molar-refractivity contribution in [3.63, 3.8) is 0 Å². The lowest BCUT2D eigenvalue weighted by Crippen LogP contribution is -2.33. The number of carbonyl (C=O) groups is 1. The third-order valence-corrected chi connectivity index (χ3v) is 8.76. The largest absolute Gasteiger partial charge is 0.490 e. The van der Waals surface area contributed by atoms with E-state index in [4.69, 9.17) is 14.5 Å². The lowest BCUT2D eigenvalue weighted by Gasteiger charge is -2.19. The van der Waals surface area contributed by atoms with Crippen molar-refractivity contribution >= 4 is 41.5 Å². The van der Waals surface area contributed by atoms with Crippen molar-refractivity contribution in [1.29, 1.82) is 0 Å². The molecule has 8 N–H and O–H groups in total. The van der Waals surface area contributed by atoms with Gasteiger partial charge in [0.2, 0.25) is 5.91 Å². The van der Waals surface area contributed by atoms with Crippen LogP contribution < -0.4 is 16.6 Å². The topological polar surface area (TPSA) is 302 Å². The summed E-state index contributed by atoms with van der Waals surface area (Å²) in [6.45, 7) is -0.924. The zero-order valence-electron chi connectivity index (χ0n) is 20.4. The number of hydrogen-bond donors (Lipinski definition) is 8. The monoisotopic (exact) mass is 643 g/mol. The fourth-order valence-electron chi connectivity index (χ4n) is 3.27. The molecule has 20 nitrogen and oxygen atoms in total. The number of imidazole rings is 1. The molecule has 1 amide bonds. The number of aliphatic hydroxyl groups is 1. The number of nitrogens with zero attached hydrogens (tertiary/aromatic N) is 2. The molecule has 1 saturated heterocycles. The molecular weight excluding hydrogens is 619 g/mol. The van der Waals surface area contributed by atoms with Crippen molar-refractivity contribution in [3.05, 3.63) is 63.0 Å². The summed E-state index contributed by atoms with van der Waals surface area (Å²) < 4.78 is 52.0. The summed E-state index contributed by atoms with van der Waals surface area (Å²) in [5.41, 5.74) is -1.10. The van der Waals surface area contributed by atoms with Crippen LogP contribution >= 0.6 is 23.5 Å². The van der Waals surface area contributed by atoms with Gasteiger partial charge in [0.25, 0.3) is 5.56 Å². The van der Waals surface area contributed by atoms with Crippen LogP contribution in [0.4, 0.5) is 0 Å². The molecule has 2 aromatic heterocycles. The molecule has 3 heterocycles. The van der Waals surface area contributed by atoms with Crippen molar-refractivity contribution in [2.45, 2.75) is 24.9 Å². The molecule has 0 spiro atoms. The number of hydrogen-bond acceptors (Lipinski definition) is 12. The van der Waals surface area contributed by atoms with E-state index in [1.54, 1.807) is 0 Å². The fourth-order valence-corrected chi connectivity index (χ4v) is 6.30. The molecule has 1 aliphatic heterocycles. The lowest BCUT2D eigenvalue weighted by molar-refractivity contribution is -0.116. The van der Waals surface area contributed by atoms with Crippen LogP contribution in [0.3, 0.4) is 0 Å². The average molecular weight is 643 g/mol. The smallest absolute Gasteiger partial charge is 0.390 e. The van der Waals surface area contributed by atoms with Crippen LogP contribution in [-0.2, 0) is 36.4 Å². The molecule has 1 fully saturated rings. The van der Waals surface area contributed by atoms with Crippen LogP contribution in [0.2, 0.25) is 0 Å². The van der Waals surface area contributed by atoms with Crippen molar-refractivity contribution < 1.29 is 61.1 Å². The number of phosphoric ester groups is 1. The molecule has 1 aliphatic rings. The summed E-state index contributed by atoms with van der Waals surface area (Å²) in [6.07, 6.45) is 5.29. The van der Waals surface area contributed by atoms with Crippen LogP contribution in [0.1, 0.15) is 23.9 Å². The van der Waals surface area contributed by atoms with Gasteiger partial charge < -0.3 is 39.7 Å². The van der Waals surface area contributed by atoms with Gasteiger partial charge in [-0.05, 0) is 6.08 Å². The second-order valence-corrected chi connectivity index (χ2v) is 12.5. The van der Waals surface area contributed by atoms with Crippen molar-refractivity contribution in [1.82, 2.24) is 24.8 Å². The first-order valence-electron chi connectivity index (χ1n) is 11.1. The van der Waals surface area contributed by atoms with E-state index in [2.05, 4.69) is 33.4 Å². The van der Waals surface area contributed by atoms with Gasteiger partial charge in [-0.1, -0.05) is 12.2 Å². The van der Waals surface area contributed by atoms with E-state index in [9.17, 15) is 43.0 Å². The number of ether oxygens (including phenoxy) is 1. The number of amides is 1. The summed E-state index contributed by atoms with van der Waals surface area (Å²) in [4.78, 5) is 80.9. The first-order chi connectivity index (χ1) is 19.0. The van der Waals surface area contributed by atoms with Gasteiger partial charge in [0, 0.05) is 25.2 Å². The number of phosphoric acid groups is 3. The Morgan fingerprint density at radius 3 is 2.56 bits per heavy atom. The molecule has 41 heavy (non-hydrogen) atoms. The first kappa shape index (κ1) is 32.7. The Morgan fingerprint density at radius 2 is 1.90 bits per heavy atom. The minimum absolute atomic E-state index is 0.0199. The number of aromatic nitrogens is 4. The Hall–Kier alpha value is -2.83. The first-order valence-corrected chi connectivity index (χ1v) is 15.6. The molecule has 0 aliphatic carbocycles. The third-order valence-electron chi connectivity index (χ3n) is 4.95. The fraction of sp³-hybridized carbons (Fsp3) is 0.333. The van der Waals surface area contributed by atoms with Crippen molar-refractivity contribution in [2.24, 2.45) is 0 Å². The number of rotatable bonds is 13. The minimum Gasteiger partial charge on any atom is -0.390 e. The molecule has 2 aromatic rings. The molecule has 226 valence electrons. The van der Waals surface area contributed by atoms with Crippen LogP contribution in [-0.4, -0.2) is 75.5 Å². The molecule has 0 saturated carbocycles. The predicted octanol–water partition coefficient (Wildman–Crippen LogP) is -0.906. The van der Waals surface area contributed by atoms with E-state index in [0.717, 1.165) is 10.8 Å². The molecule has 0 bridgehead atoms. The van der Waals surface area contributed by atoms with Crippen LogP contribution in [0.5, 0.6) is 0 Å². The van der Waals surface area contributed by atoms with E-state index in [1.165, 1.54) is 36.8 Å². The van der Waals surface area contributed by atoms with Crippen LogP contribution in [0, 0.1) is 0 Å². The maximum Gasteiger partial charge on any atom is 0.490 e. The standard InChI is InChI=1S/C18H24N5O15P3/c24-13-6-16(36-14(13)9-35-40(31,32)38-41(33,34)37-39(28,29)30)23-8-11(17(26)22-18(23)27)2-1-5-20-15(25)4-3-12-7-19-10-21-12/h1-4,7-8,10,13-14,16,24H,5-6,9H2,(H,19,21)(H,20,25)(H,31,32)(H,33,34)(H,22,26,27)(H2,28,29,30)/b2-1+,4-3+/t13-,14+,16+/m0/s1. The number of nitrogens with one attached hydrogen (secondary N) is 3. The quantitative estimate of drug-likeness (QED) is 0.0968. The Morgan fingerprint density at radius 1 is 1.17 bits per heavy atom. The van der Waals surface area contributed by atoms with E-state index in [-0.39, 0.29) is 18.5 Å². The van der Waals surface area contributed by atoms with Crippen molar-refractivity contribution in [3.8, 4) is 0 Å². The summed E-state index contributed by atoms with van der Waals surface area (Å²) in [7, 11) is -16.8. The summed E-state index contributed by atoms with van der Waals surface area (Å²) in [6, 6.07) is 0. The number of carbonyl (C=O) groups excluding carboxylic acids is 1. The van der Waals surface area contributed by atoms with Gasteiger partial charge in [-0.25, -0.2) is 23.5 Å². The maximum atomic E-state index is 12.3. The summed E-state index contributed by atoms with van der Waals surface area (Å²) in [5.74, 6) is -0.432. The van der Waals surface area contributed by atoms with E-state index >= 15 is 0 Å². The Bertz CT molecular complexity index is 1550. The average Bonchev–Trinajstić information content (AvgIpc) is 3.47. The summed E-state index contributed by atoms with van der Waals surface area (Å²) in [5, 5.41) is 12.8. The number of aromatic amines is 2. The van der Waals surface area contributed by atoms with Crippen molar-refractivity contribution in [2.75, 3.05) is 13.2 Å². The number of aliphatic hydroxyl groups excluding tert-OH is 1. The Balaban J connectivity index is 1.59. The molecule has 5 atom stereocenters. The summed E-state index contributed by atoms with van der Waals surface area (Å²) >= 11 is 0. The molecule has 0 aromatic carbocycles. The van der Waals surface area contributed by atoms with E-state index < -0.39 is 65.7 Å². The van der Waals surface area contributed by atoms with Gasteiger partial charge in [-0.3, -0.25) is 23.7 Å². The molecule has 3 rings (SSSR count). The number of H-pyrrole nitrogens is 2. The predicted molar refractivity (Wildman–Crippen MR) is 135 cm³/mol. The van der Waals surface area contributed by atoms with Gasteiger partial charge in [0.1, 0.15) is 12.3 Å². The zero-order valence-corrected chi connectivity index (χ0v) is 23.1. The van der Waals surface area contributed by atoms with Gasteiger partial charge in [0.15, 0.2) is 0 Å². The highest BCUT2D eigenvalue weighted by molar-refractivity contribution is 7.66. The highest BCUT2D eigenvalue weighted by atomic mass is 31.3. The second kappa shape index (κ2) is 13.4. The minimum atomic E-state index is -5.74. The SMILES string of the molecule is O=C(/C=C/c1cnc[nH]1)NC/C=C/c1cn([C@H]2C[C@H](O)[C@@H](COP(=O)(O)OP(=O)(O)OP(=O)(O)O)O2)c(=O)[nH]c1=O. The van der Waals surface area contributed by atoms with Gasteiger partial charge >= 0.3 is 29.2 Å². The maximum absolute atomic E-state index is 12.3. The molecule has 23 heteroatoms. The zero-order chi connectivity index (χ0) is 30.4. The Labute approximate surface area is 228 Å². The van der Waals surface area contributed by atoms with Crippen LogP contribution in [0.15, 0.2) is 40.5 Å². The second-order valence-electron chi connectivity index (χ2n) is 8.06. The third kappa shape index (κ3) is 10.5. The van der Waals surface area contributed by atoms with Gasteiger partial charge in [-0.2, -0.15) is 8.62 Å². The van der Waals surface area contributed by atoms with Crippen LogP contribution in [0.25, 0.3) is 12.2 Å². The highest BCUT2D eigenvalue weighted by Gasteiger charge is 2.43. The molecular formula is C18H24N5O15P3.